The molecular formula is C10H16N2O. The lowest BCUT2D eigenvalue weighted by Gasteiger charge is -2.17. The average molecular weight is 180 g/mol. The Morgan fingerprint density at radius 2 is 2.15 bits per heavy atom. The van der Waals surface area contributed by atoms with Crippen molar-refractivity contribution < 1.29 is 4.74 Å². The summed E-state index contributed by atoms with van der Waals surface area (Å²) in [6.07, 6.45) is 1.70. The Morgan fingerprint density at radius 3 is 2.69 bits per heavy atom. The fourth-order valence-electron chi connectivity index (χ4n) is 1.19. The third kappa shape index (κ3) is 2.18. The summed E-state index contributed by atoms with van der Waals surface area (Å²) in [5.41, 5.74) is 6.97. The van der Waals surface area contributed by atoms with Gasteiger partial charge in [0.05, 0.1) is 7.11 Å². The second-order valence-corrected chi connectivity index (χ2v) is 3.37. The quantitative estimate of drug-likeness (QED) is 0.770. The Bertz CT molecular complexity index is 273. The van der Waals surface area contributed by atoms with Crippen LogP contribution in [0, 0.1) is 5.92 Å². The number of nitrogens with two attached hydrogens (primary N) is 1. The zero-order valence-electron chi connectivity index (χ0n) is 8.32. The van der Waals surface area contributed by atoms with Crippen LogP contribution in [0.2, 0.25) is 0 Å². The molecule has 1 unspecified atom stereocenters. The van der Waals surface area contributed by atoms with E-state index >= 15 is 0 Å². The van der Waals surface area contributed by atoms with Crippen LogP contribution in [0.15, 0.2) is 18.3 Å². The summed E-state index contributed by atoms with van der Waals surface area (Å²) < 4.78 is 5.13. The molecule has 3 heteroatoms. The van der Waals surface area contributed by atoms with Gasteiger partial charge < -0.3 is 10.5 Å². The van der Waals surface area contributed by atoms with Crippen molar-refractivity contribution in [1.82, 2.24) is 4.98 Å². The summed E-state index contributed by atoms with van der Waals surface area (Å²) in [4.78, 5) is 4.10. The Morgan fingerprint density at radius 1 is 1.46 bits per heavy atom. The van der Waals surface area contributed by atoms with Crippen molar-refractivity contribution in [2.24, 2.45) is 11.7 Å². The molecule has 1 aromatic heterocycles. The Labute approximate surface area is 78.9 Å². The molecule has 0 radical (unpaired) electrons. The number of aromatic nitrogens is 1. The van der Waals surface area contributed by atoms with Gasteiger partial charge >= 0.3 is 0 Å². The predicted molar refractivity (Wildman–Crippen MR) is 52.6 cm³/mol. The molecule has 2 N–H and O–H groups in total. The zero-order chi connectivity index (χ0) is 9.84. The number of rotatable bonds is 3. The smallest absolute Gasteiger partial charge is 0.217 e. The highest BCUT2D eigenvalue weighted by Crippen LogP contribution is 2.25. The highest BCUT2D eigenvalue weighted by molar-refractivity contribution is 5.28. The normalized spacial score (nSPS) is 13.0. The van der Waals surface area contributed by atoms with Gasteiger partial charge in [0.15, 0.2) is 0 Å². The minimum atomic E-state index is -0.0105. The molecule has 0 saturated heterocycles. The van der Waals surface area contributed by atoms with E-state index in [-0.39, 0.29) is 6.04 Å². The van der Waals surface area contributed by atoms with Crippen molar-refractivity contribution in [3.8, 4) is 5.88 Å². The van der Waals surface area contributed by atoms with Crippen LogP contribution in [-0.4, -0.2) is 12.1 Å². The highest BCUT2D eigenvalue weighted by Gasteiger charge is 2.15. The van der Waals surface area contributed by atoms with E-state index in [9.17, 15) is 0 Å². The van der Waals surface area contributed by atoms with Crippen LogP contribution in [0.1, 0.15) is 25.5 Å². The average Bonchev–Trinajstić information content (AvgIpc) is 2.16. The number of pyridine rings is 1. The van der Waals surface area contributed by atoms with E-state index in [1.807, 2.05) is 12.1 Å². The minimum Gasteiger partial charge on any atom is -0.481 e. The van der Waals surface area contributed by atoms with Crippen LogP contribution in [0.3, 0.4) is 0 Å². The SMILES string of the molecule is COc1ncccc1C(N)C(C)C. The Kier molecular flexibility index (Phi) is 3.25. The van der Waals surface area contributed by atoms with Crippen molar-refractivity contribution in [3.05, 3.63) is 23.9 Å². The van der Waals surface area contributed by atoms with Gasteiger partial charge in [-0.3, -0.25) is 0 Å². The Balaban J connectivity index is 2.98. The van der Waals surface area contributed by atoms with Gasteiger partial charge in [-0.1, -0.05) is 19.9 Å². The van der Waals surface area contributed by atoms with Gasteiger partial charge in [-0.05, 0) is 12.0 Å². The molecule has 1 atom stereocenters. The third-order valence-corrected chi connectivity index (χ3v) is 2.07. The largest absolute Gasteiger partial charge is 0.481 e. The van der Waals surface area contributed by atoms with E-state index < -0.39 is 0 Å². The van der Waals surface area contributed by atoms with Gasteiger partial charge in [0.1, 0.15) is 0 Å². The zero-order valence-corrected chi connectivity index (χ0v) is 8.32. The molecule has 0 aromatic carbocycles. The number of nitrogens with zero attached hydrogens (tertiary/aromatic N) is 1. The maximum atomic E-state index is 5.99. The minimum absolute atomic E-state index is 0.0105. The van der Waals surface area contributed by atoms with Crippen molar-refractivity contribution in [2.75, 3.05) is 7.11 Å². The van der Waals surface area contributed by atoms with Crippen molar-refractivity contribution in [3.63, 3.8) is 0 Å². The van der Waals surface area contributed by atoms with Crippen LogP contribution in [-0.2, 0) is 0 Å². The van der Waals surface area contributed by atoms with Crippen LogP contribution >= 0.6 is 0 Å². The molecule has 0 aliphatic rings. The molecule has 1 rings (SSSR count). The molecule has 0 amide bonds. The lowest BCUT2D eigenvalue weighted by Crippen LogP contribution is -2.17. The van der Waals surface area contributed by atoms with E-state index in [2.05, 4.69) is 18.8 Å². The molecule has 3 nitrogen and oxygen atoms in total. The van der Waals surface area contributed by atoms with Gasteiger partial charge in [0.25, 0.3) is 0 Å². The summed E-state index contributed by atoms with van der Waals surface area (Å²) in [6.45, 7) is 4.16. The number of ether oxygens (including phenoxy) is 1. The summed E-state index contributed by atoms with van der Waals surface area (Å²) in [5.74, 6) is 1.02. The molecule has 0 bridgehead atoms. The fraction of sp³-hybridized carbons (Fsp3) is 0.500. The van der Waals surface area contributed by atoms with Crippen LogP contribution in [0.25, 0.3) is 0 Å². The molecule has 1 heterocycles. The maximum Gasteiger partial charge on any atom is 0.217 e. The van der Waals surface area contributed by atoms with Gasteiger partial charge in [-0.15, -0.1) is 0 Å². The van der Waals surface area contributed by atoms with E-state index in [0.717, 1.165) is 5.56 Å². The number of hydrogen-bond donors (Lipinski definition) is 1. The molecule has 0 spiro atoms. The number of hydrogen-bond acceptors (Lipinski definition) is 3. The van der Waals surface area contributed by atoms with Crippen molar-refractivity contribution in [2.45, 2.75) is 19.9 Å². The lowest BCUT2D eigenvalue weighted by atomic mass is 9.98. The van der Waals surface area contributed by atoms with Gasteiger partial charge in [0.2, 0.25) is 5.88 Å². The summed E-state index contributed by atoms with van der Waals surface area (Å²) in [6, 6.07) is 3.82. The first-order valence-corrected chi connectivity index (χ1v) is 4.41. The van der Waals surface area contributed by atoms with Crippen LogP contribution in [0.5, 0.6) is 5.88 Å². The molecular weight excluding hydrogens is 164 g/mol. The molecule has 0 fully saturated rings. The first kappa shape index (κ1) is 9.99. The van der Waals surface area contributed by atoms with E-state index in [4.69, 9.17) is 10.5 Å². The van der Waals surface area contributed by atoms with Crippen LogP contribution < -0.4 is 10.5 Å². The van der Waals surface area contributed by atoms with E-state index in [1.165, 1.54) is 0 Å². The molecule has 72 valence electrons. The topological polar surface area (TPSA) is 48.1 Å². The van der Waals surface area contributed by atoms with Gasteiger partial charge in [0, 0.05) is 17.8 Å². The predicted octanol–water partition coefficient (Wildman–Crippen LogP) is 1.75. The first-order chi connectivity index (χ1) is 6.16. The summed E-state index contributed by atoms with van der Waals surface area (Å²) in [7, 11) is 1.61. The highest BCUT2D eigenvalue weighted by atomic mass is 16.5. The van der Waals surface area contributed by atoms with Gasteiger partial charge in [-0.2, -0.15) is 0 Å². The van der Waals surface area contributed by atoms with E-state index in [0.29, 0.717) is 11.8 Å². The van der Waals surface area contributed by atoms with Crippen molar-refractivity contribution >= 4 is 0 Å². The molecule has 13 heavy (non-hydrogen) atoms. The van der Waals surface area contributed by atoms with Crippen LogP contribution in [0.4, 0.5) is 0 Å². The maximum absolute atomic E-state index is 5.99. The molecule has 1 aromatic rings. The fourth-order valence-corrected chi connectivity index (χ4v) is 1.19. The second-order valence-electron chi connectivity index (χ2n) is 3.37. The third-order valence-electron chi connectivity index (χ3n) is 2.07. The Hall–Kier alpha value is -1.09. The van der Waals surface area contributed by atoms with Crippen molar-refractivity contribution in [1.29, 1.82) is 0 Å². The standard InChI is InChI=1S/C10H16N2O/c1-7(2)9(11)8-5-4-6-12-10(8)13-3/h4-7,9H,11H2,1-3H3. The molecule has 0 aliphatic carbocycles. The van der Waals surface area contributed by atoms with E-state index in [1.54, 1.807) is 13.3 Å². The first-order valence-electron chi connectivity index (χ1n) is 4.41. The lowest BCUT2D eigenvalue weighted by molar-refractivity contribution is 0.380. The molecule has 0 aliphatic heterocycles. The van der Waals surface area contributed by atoms with Gasteiger partial charge in [-0.25, -0.2) is 4.98 Å². The monoisotopic (exact) mass is 180 g/mol. The second kappa shape index (κ2) is 4.23. The number of methoxy groups -OCH3 is 1. The molecule has 0 saturated carbocycles. The summed E-state index contributed by atoms with van der Waals surface area (Å²) >= 11 is 0. The summed E-state index contributed by atoms with van der Waals surface area (Å²) in [5, 5.41) is 0.